The van der Waals surface area contributed by atoms with Gasteiger partial charge in [-0.2, -0.15) is 5.26 Å². The van der Waals surface area contributed by atoms with Crippen LogP contribution in [0.15, 0.2) is 41.4 Å². The van der Waals surface area contributed by atoms with E-state index in [0.717, 1.165) is 4.90 Å². The summed E-state index contributed by atoms with van der Waals surface area (Å²) in [7, 11) is 1.64. The van der Waals surface area contributed by atoms with E-state index in [1.165, 1.54) is 18.6 Å². The summed E-state index contributed by atoms with van der Waals surface area (Å²) in [5, 5.41) is 31.1. The molecular weight excluding hydrogens is 471 g/mol. The van der Waals surface area contributed by atoms with Crippen LogP contribution in [0.25, 0.3) is 11.4 Å². The SMILES string of the molecule is CN=C(C)C(=CN)Nc1nc(-c2ccc(OC3CCN(C(=O)[C@@H](O)CO)C[C@H]3F)c(C#N)c2)nc[nH+]1. The lowest BCUT2D eigenvalue weighted by Crippen LogP contribution is -2.52. The quantitative estimate of drug-likeness (QED) is 0.357. The summed E-state index contributed by atoms with van der Waals surface area (Å²) in [5.74, 6) is 0.125. The minimum absolute atomic E-state index is 0.145. The van der Waals surface area contributed by atoms with Crippen LogP contribution < -0.4 is 20.8 Å². The summed E-state index contributed by atoms with van der Waals surface area (Å²) in [5.41, 5.74) is 7.57. The highest BCUT2D eigenvalue weighted by Crippen LogP contribution is 2.28. The number of aromatic amines is 1. The number of anilines is 1. The number of aliphatic hydroxyl groups is 2. The van der Waals surface area contributed by atoms with Crippen molar-refractivity contribution in [3.05, 3.63) is 42.0 Å². The number of allylic oxidation sites excluding steroid dienone is 1. The van der Waals surface area contributed by atoms with Crippen LogP contribution >= 0.6 is 0 Å². The molecular formula is C23H28FN8O4+. The molecule has 1 aliphatic heterocycles. The first-order valence-corrected chi connectivity index (χ1v) is 11.1. The second kappa shape index (κ2) is 12.0. The van der Waals surface area contributed by atoms with Crippen molar-refractivity contribution in [2.75, 3.05) is 32.1 Å². The van der Waals surface area contributed by atoms with Crippen LogP contribution in [0.4, 0.5) is 10.3 Å². The Kier molecular flexibility index (Phi) is 8.82. The van der Waals surface area contributed by atoms with Gasteiger partial charge in [-0.1, -0.05) is 4.98 Å². The number of nitriles is 1. The highest BCUT2D eigenvalue weighted by Gasteiger charge is 2.35. The van der Waals surface area contributed by atoms with Crippen molar-refractivity contribution in [1.29, 1.82) is 5.26 Å². The van der Waals surface area contributed by atoms with Gasteiger partial charge in [-0.25, -0.2) is 9.37 Å². The van der Waals surface area contributed by atoms with Crippen LogP contribution in [0.3, 0.4) is 0 Å². The zero-order valence-corrected chi connectivity index (χ0v) is 19.8. The average molecular weight is 500 g/mol. The average Bonchev–Trinajstić information content (AvgIpc) is 2.91. The number of halogens is 1. The van der Waals surface area contributed by atoms with Crippen LogP contribution in [-0.2, 0) is 4.79 Å². The Hall–Kier alpha value is -4.15. The number of hydrogen-bond acceptors (Lipinski definition) is 10. The molecule has 3 rings (SSSR count). The summed E-state index contributed by atoms with van der Waals surface area (Å²) in [4.78, 5) is 28.7. The molecule has 0 aliphatic carbocycles. The third-order valence-electron chi connectivity index (χ3n) is 5.64. The number of nitrogens with one attached hydrogen (secondary N) is 2. The molecule has 6 N–H and O–H groups in total. The van der Waals surface area contributed by atoms with Crippen LogP contribution in [0, 0.1) is 11.3 Å². The van der Waals surface area contributed by atoms with Crippen molar-refractivity contribution in [2.45, 2.75) is 31.7 Å². The van der Waals surface area contributed by atoms with Crippen LogP contribution in [0.5, 0.6) is 5.75 Å². The van der Waals surface area contributed by atoms with Gasteiger partial charge in [-0.3, -0.25) is 15.1 Å². The lowest BCUT2D eigenvalue weighted by molar-refractivity contribution is -0.369. The molecule has 2 heterocycles. The molecule has 36 heavy (non-hydrogen) atoms. The molecule has 1 unspecified atom stereocenters. The van der Waals surface area contributed by atoms with E-state index in [-0.39, 0.29) is 30.8 Å². The molecule has 0 radical (unpaired) electrons. The fourth-order valence-electron chi connectivity index (χ4n) is 3.55. The number of aliphatic imine (C=N–C) groups is 1. The van der Waals surface area contributed by atoms with Crippen LogP contribution in [-0.4, -0.2) is 81.8 Å². The minimum atomic E-state index is -1.58. The first-order chi connectivity index (χ1) is 17.3. The molecule has 0 bridgehead atoms. The van der Waals surface area contributed by atoms with E-state index in [4.69, 9.17) is 15.6 Å². The Balaban J connectivity index is 1.75. The van der Waals surface area contributed by atoms with Crippen molar-refractivity contribution in [1.82, 2.24) is 14.9 Å². The van der Waals surface area contributed by atoms with Gasteiger partial charge in [0.25, 0.3) is 11.7 Å². The Morgan fingerprint density at radius 1 is 1.56 bits per heavy atom. The van der Waals surface area contributed by atoms with Gasteiger partial charge < -0.3 is 25.6 Å². The number of alkyl halides is 1. The number of amides is 1. The number of nitrogens with zero attached hydrogens (tertiary/aromatic N) is 5. The lowest BCUT2D eigenvalue weighted by atomic mass is 10.0. The highest BCUT2D eigenvalue weighted by atomic mass is 19.1. The van der Waals surface area contributed by atoms with E-state index < -0.39 is 30.9 Å². The summed E-state index contributed by atoms with van der Waals surface area (Å²) < 4.78 is 20.5. The number of H-pyrrole nitrogens is 1. The van der Waals surface area contributed by atoms with Gasteiger partial charge in [-0.15, -0.1) is 4.98 Å². The van der Waals surface area contributed by atoms with Gasteiger partial charge in [0.1, 0.15) is 23.6 Å². The largest absolute Gasteiger partial charge is 0.486 e. The molecule has 190 valence electrons. The van der Waals surface area contributed by atoms with Gasteiger partial charge in [0.2, 0.25) is 0 Å². The molecule has 12 nitrogen and oxygen atoms in total. The third kappa shape index (κ3) is 6.09. The van der Waals surface area contributed by atoms with E-state index in [1.807, 2.05) is 6.07 Å². The van der Waals surface area contributed by atoms with Crippen molar-refractivity contribution < 1.29 is 29.1 Å². The van der Waals surface area contributed by atoms with Gasteiger partial charge in [0.15, 0.2) is 18.6 Å². The minimum Gasteiger partial charge on any atom is -0.486 e. The van der Waals surface area contributed by atoms with E-state index in [1.54, 1.807) is 26.1 Å². The van der Waals surface area contributed by atoms with Gasteiger partial charge in [-0.05, 0) is 25.1 Å². The van der Waals surface area contributed by atoms with Crippen molar-refractivity contribution in [2.24, 2.45) is 10.7 Å². The first-order valence-electron chi connectivity index (χ1n) is 11.1. The number of aromatic nitrogens is 3. The van der Waals surface area contributed by atoms with Gasteiger partial charge in [0.05, 0.1) is 24.4 Å². The standard InChI is InChI=1S/C23H27FN8O4/c1-13(27-2)17(9-26)30-23-29-12-28-21(31-23)14-3-4-19(15(7-14)8-25)36-20-5-6-32(10-16(20)24)22(35)18(34)11-33/h3-4,7,9,12,16,18,20,33-34H,5-6,10-11,26H2,1-2H3,(H,28,29,30,31)/p+1/t16-,18+,20?/m1/s1. The zero-order chi connectivity index (χ0) is 26.2. The van der Waals surface area contributed by atoms with E-state index in [2.05, 4.69) is 25.3 Å². The number of rotatable bonds is 8. The Morgan fingerprint density at radius 3 is 2.97 bits per heavy atom. The summed E-state index contributed by atoms with van der Waals surface area (Å²) in [6.07, 6.45) is -1.05. The van der Waals surface area contributed by atoms with Crippen molar-refractivity contribution in [3.63, 3.8) is 0 Å². The summed E-state index contributed by atoms with van der Waals surface area (Å²) in [6.45, 7) is 0.912. The normalized spacial score (nSPS) is 19.4. The predicted molar refractivity (Wildman–Crippen MR) is 127 cm³/mol. The van der Waals surface area contributed by atoms with Crippen molar-refractivity contribution >= 4 is 17.6 Å². The molecule has 1 saturated heterocycles. The molecule has 3 atom stereocenters. The number of aliphatic hydroxyl groups excluding tert-OH is 2. The third-order valence-corrected chi connectivity index (χ3v) is 5.64. The Labute approximate surface area is 207 Å². The maximum absolute atomic E-state index is 14.8. The number of benzene rings is 1. The molecule has 1 aromatic heterocycles. The smallest absolute Gasteiger partial charge is 0.352 e. The maximum Gasteiger partial charge on any atom is 0.352 e. The van der Waals surface area contributed by atoms with Crippen LogP contribution in [0.1, 0.15) is 18.9 Å². The Bertz CT molecular complexity index is 1200. The fourth-order valence-corrected chi connectivity index (χ4v) is 3.55. The van der Waals surface area contributed by atoms with E-state index >= 15 is 0 Å². The molecule has 0 saturated carbocycles. The molecule has 1 aromatic carbocycles. The molecule has 1 fully saturated rings. The number of likely N-dealkylation sites (tertiary alicyclic amines) is 1. The predicted octanol–water partition coefficient (Wildman–Crippen LogP) is -0.197. The van der Waals surface area contributed by atoms with Crippen LogP contribution in [0.2, 0.25) is 0 Å². The van der Waals surface area contributed by atoms with E-state index in [0.29, 0.717) is 28.7 Å². The second-order valence-corrected chi connectivity index (χ2v) is 7.97. The number of carbonyl (C=O) groups is 1. The first kappa shape index (κ1) is 26.5. The maximum atomic E-state index is 14.8. The number of hydrogen-bond donors (Lipinski definition) is 4. The lowest BCUT2D eigenvalue weighted by Gasteiger charge is -2.35. The van der Waals surface area contributed by atoms with E-state index in [9.17, 15) is 19.6 Å². The number of nitrogens with two attached hydrogens (primary N) is 1. The topological polar surface area (TPSA) is 184 Å². The summed E-state index contributed by atoms with van der Waals surface area (Å²) in [6, 6.07) is 6.77. The number of carbonyl (C=O) groups excluding carboxylic acids is 1. The summed E-state index contributed by atoms with van der Waals surface area (Å²) >= 11 is 0. The zero-order valence-electron chi connectivity index (χ0n) is 19.8. The molecule has 1 aliphatic rings. The molecule has 1 amide bonds. The molecule has 0 spiro atoms. The monoisotopic (exact) mass is 499 g/mol. The second-order valence-electron chi connectivity index (χ2n) is 7.97. The van der Waals surface area contributed by atoms with Gasteiger partial charge in [0, 0.05) is 31.8 Å². The molecule has 13 heteroatoms. The highest BCUT2D eigenvalue weighted by molar-refractivity contribution is 6.00. The van der Waals surface area contributed by atoms with Crippen molar-refractivity contribution in [3.8, 4) is 23.2 Å². The molecule has 2 aromatic rings. The van der Waals surface area contributed by atoms with Gasteiger partial charge >= 0.3 is 5.95 Å². The fraction of sp³-hybridized carbons (Fsp3) is 0.391. The number of piperidine rings is 1. The number of ether oxygens (including phenoxy) is 1. The Morgan fingerprint density at radius 2 is 2.33 bits per heavy atom.